The molecule has 2 aromatic rings. The van der Waals surface area contributed by atoms with Gasteiger partial charge in [-0.05, 0) is 55.7 Å². The molecule has 29 heavy (non-hydrogen) atoms. The SMILES string of the molecule is CCOC(=O)C1CCN(CC(=O)N2N=C(c3cccs3)CC2c2cccs2)CC1. The van der Waals surface area contributed by atoms with Gasteiger partial charge in [-0.2, -0.15) is 5.10 Å². The average Bonchev–Trinajstić information content (AvgIpc) is 3.49. The first-order valence-electron chi connectivity index (χ1n) is 10.0. The number of hydrazone groups is 1. The number of thiophene rings is 2. The zero-order valence-corrected chi connectivity index (χ0v) is 18.1. The Morgan fingerprint density at radius 1 is 1.17 bits per heavy atom. The van der Waals surface area contributed by atoms with E-state index in [1.54, 1.807) is 27.7 Å². The van der Waals surface area contributed by atoms with Crippen LogP contribution in [0.5, 0.6) is 0 Å². The van der Waals surface area contributed by atoms with E-state index in [4.69, 9.17) is 9.84 Å². The second-order valence-electron chi connectivity index (χ2n) is 7.30. The van der Waals surface area contributed by atoms with Crippen LogP contribution in [-0.4, -0.2) is 53.7 Å². The van der Waals surface area contributed by atoms with Crippen molar-refractivity contribution in [1.29, 1.82) is 0 Å². The fraction of sp³-hybridized carbons (Fsp3) is 0.476. The number of hydrogen-bond donors (Lipinski definition) is 0. The Hall–Kier alpha value is -2.03. The molecule has 1 saturated heterocycles. The smallest absolute Gasteiger partial charge is 0.309 e. The second kappa shape index (κ2) is 9.19. The molecule has 0 aliphatic carbocycles. The van der Waals surface area contributed by atoms with Crippen LogP contribution in [0.25, 0.3) is 0 Å². The topological polar surface area (TPSA) is 62.2 Å². The highest BCUT2D eigenvalue weighted by atomic mass is 32.1. The van der Waals surface area contributed by atoms with Gasteiger partial charge in [-0.15, -0.1) is 22.7 Å². The molecule has 0 aromatic carbocycles. The Balaban J connectivity index is 1.41. The molecular formula is C21H25N3O3S2. The Kier molecular flexibility index (Phi) is 6.42. The van der Waals surface area contributed by atoms with Gasteiger partial charge in [0.2, 0.25) is 0 Å². The summed E-state index contributed by atoms with van der Waals surface area (Å²) in [4.78, 5) is 29.5. The van der Waals surface area contributed by atoms with E-state index in [2.05, 4.69) is 17.0 Å². The summed E-state index contributed by atoms with van der Waals surface area (Å²) in [5.74, 6) is -0.138. The fourth-order valence-corrected chi connectivity index (χ4v) is 5.42. The zero-order chi connectivity index (χ0) is 20.2. The van der Waals surface area contributed by atoms with Crippen LogP contribution in [0.2, 0.25) is 0 Å². The average molecular weight is 432 g/mol. The molecule has 4 heterocycles. The van der Waals surface area contributed by atoms with E-state index in [-0.39, 0.29) is 23.8 Å². The van der Waals surface area contributed by atoms with Crippen LogP contribution < -0.4 is 0 Å². The Morgan fingerprint density at radius 3 is 2.59 bits per heavy atom. The Morgan fingerprint density at radius 2 is 1.93 bits per heavy atom. The highest BCUT2D eigenvalue weighted by molar-refractivity contribution is 7.12. The molecule has 0 bridgehead atoms. The van der Waals surface area contributed by atoms with Crippen LogP contribution in [0.3, 0.4) is 0 Å². The van der Waals surface area contributed by atoms with Gasteiger partial charge in [-0.25, -0.2) is 5.01 Å². The lowest BCUT2D eigenvalue weighted by molar-refractivity contribution is -0.149. The molecule has 1 amide bonds. The fourth-order valence-electron chi connectivity index (χ4n) is 3.89. The molecule has 2 aliphatic heterocycles. The third-order valence-corrected chi connectivity index (χ3v) is 7.30. The van der Waals surface area contributed by atoms with E-state index in [1.165, 1.54) is 0 Å². The summed E-state index contributed by atoms with van der Waals surface area (Å²) in [7, 11) is 0. The second-order valence-corrected chi connectivity index (χ2v) is 9.23. The van der Waals surface area contributed by atoms with E-state index >= 15 is 0 Å². The molecule has 0 radical (unpaired) electrons. The normalized spacial score (nSPS) is 20.7. The van der Waals surface area contributed by atoms with Gasteiger partial charge in [0.25, 0.3) is 5.91 Å². The first-order chi connectivity index (χ1) is 14.2. The molecule has 0 saturated carbocycles. The third-order valence-electron chi connectivity index (χ3n) is 5.41. The number of carbonyl (C=O) groups excluding carboxylic acids is 2. The number of likely N-dealkylation sites (tertiary alicyclic amines) is 1. The van der Waals surface area contributed by atoms with E-state index in [1.807, 2.05) is 29.8 Å². The van der Waals surface area contributed by atoms with Crippen molar-refractivity contribution >= 4 is 40.3 Å². The minimum Gasteiger partial charge on any atom is -0.466 e. The number of nitrogens with zero attached hydrogens (tertiary/aromatic N) is 3. The summed E-state index contributed by atoms with van der Waals surface area (Å²) >= 11 is 3.32. The summed E-state index contributed by atoms with van der Waals surface area (Å²) in [6.45, 7) is 4.04. The minimum atomic E-state index is -0.110. The number of rotatable bonds is 6. The van der Waals surface area contributed by atoms with Crippen molar-refractivity contribution < 1.29 is 14.3 Å². The summed E-state index contributed by atoms with van der Waals surface area (Å²) < 4.78 is 5.13. The molecule has 1 unspecified atom stereocenters. The molecule has 8 heteroatoms. The summed E-state index contributed by atoms with van der Waals surface area (Å²) in [5, 5.41) is 10.5. The van der Waals surface area contributed by atoms with Gasteiger partial charge in [0.1, 0.15) is 0 Å². The van der Waals surface area contributed by atoms with Crippen LogP contribution in [0, 0.1) is 5.92 Å². The minimum absolute atomic E-state index is 0.0181. The van der Waals surface area contributed by atoms with Crippen LogP contribution in [0.1, 0.15) is 42.0 Å². The van der Waals surface area contributed by atoms with Gasteiger partial charge in [0.15, 0.2) is 0 Å². The summed E-state index contributed by atoms with van der Waals surface area (Å²) in [5.41, 5.74) is 0.979. The molecule has 0 spiro atoms. The van der Waals surface area contributed by atoms with Crippen molar-refractivity contribution in [2.75, 3.05) is 26.2 Å². The molecule has 4 rings (SSSR count). The number of esters is 1. The number of carbonyl (C=O) groups is 2. The monoisotopic (exact) mass is 431 g/mol. The van der Waals surface area contributed by atoms with Crippen LogP contribution in [-0.2, 0) is 14.3 Å². The quantitative estimate of drug-likeness (QED) is 0.654. The van der Waals surface area contributed by atoms with Gasteiger partial charge in [0.05, 0.1) is 35.7 Å². The van der Waals surface area contributed by atoms with Gasteiger partial charge in [-0.1, -0.05) is 12.1 Å². The van der Waals surface area contributed by atoms with Gasteiger partial charge >= 0.3 is 5.97 Å². The molecule has 2 aromatic heterocycles. The summed E-state index contributed by atoms with van der Waals surface area (Å²) in [6.07, 6.45) is 2.23. The molecule has 0 N–H and O–H groups in total. The first-order valence-corrected chi connectivity index (χ1v) is 11.8. The van der Waals surface area contributed by atoms with Crippen molar-refractivity contribution in [3.8, 4) is 0 Å². The van der Waals surface area contributed by atoms with Crippen LogP contribution in [0.4, 0.5) is 0 Å². The van der Waals surface area contributed by atoms with E-state index < -0.39 is 0 Å². The predicted molar refractivity (Wildman–Crippen MR) is 115 cm³/mol. The maximum absolute atomic E-state index is 13.1. The number of hydrogen-bond acceptors (Lipinski definition) is 7. The number of piperidine rings is 1. The summed E-state index contributed by atoms with van der Waals surface area (Å²) in [6, 6.07) is 8.14. The van der Waals surface area contributed by atoms with E-state index in [0.29, 0.717) is 13.2 Å². The molecule has 1 fully saturated rings. The lowest BCUT2D eigenvalue weighted by atomic mass is 9.97. The molecule has 6 nitrogen and oxygen atoms in total. The van der Waals surface area contributed by atoms with Gasteiger partial charge < -0.3 is 4.74 Å². The molecule has 2 aliphatic rings. The van der Waals surface area contributed by atoms with Crippen LogP contribution in [0.15, 0.2) is 40.1 Å². The number of ether oxygens (including phenoxy) is 1. The zero-order valence-electron chi connectivity index (χ0n) is 16.5. The Bertz CT molecular complexity index is 856. The van der Waals surface area contributed by atoms with Crippen molar-refractivity contribution in [2.24, 2.45) is 11.0 Å². The maximum atomic E-state index is 13.1. The van der Waals surface area contributed by atoms with Crippen molar-refractivity contribution in [2.45, 2.75) is 32.2 Å². The molecule has 1 atom stereocenters. The Labute approximate surface area is 178 Å². The third kappa shape index (κ3) is 4.60. The van der Waals surface area contributed by atoms with E-state index in [0.717, 1.165) is 47.8 Å². The van der Waals surface area contributed by atoms with Gasteiger partial charge in [0, 0.05) is 11.3 Å². The lowest BCUT2D eigenvalue weighted by Gasteiger charge is -2.31. The predicted octanol–water partition coefficient (Wildman–Crippen LogP) is 3.76. The van der Waals surface area contributed by atoms with Gasteiger partial charge in [-0.3, -0.25) is 14.5 Å². The lowest BCUT2D eigenvalue weighted by Crippen LogP contribution is -2.43. The van der Waals surface area contributed by atoms with Crippen molar-refractivity contribution in [3.05, 3.63) is 44.8 Å². The highest BCUT2D eigenvalue weighted by Gasteiger charge is 2.35. The number of amides is 1. The maximum Gasteiger partial charge on any atom is 0.309 e. The molecule has 154 valence electrons. The van der Waals surface area contributed by atoms with Crippen molar-refractivity contribution in [3.63, 3.8) is 0 Å². The first kappa shape index (κ1) is 20.3. The molecular weight excluding hydrogens is 406 g/mol. The highest BCUT2D eigenvalue weighted by Crippen LogP contribution is 2.36. The standard InChI is InChI=1S/C21H25N3O3S2/c1-2-27-21(26)15-7-9-23(10-8-15)14-20(25)24-17(19-6-4-12-29-19)13-16(22-24)18-5-3-11-28-18/h3-6,11-12,15,17H,2,7-10,13-14H2,1H3. The van der Waals surface area contributed by atoms with Crippen LogP contribution >= 0.6 is 22.7 Å². The van der Waals surface area contributed by atoms with Crippen molar-refractivity contribution in [1.82, 2.24) is 9.91 Å². The van der Waals surface area contributed by atoms with E-state index in [9.17, 15) is 9.59 Å². The largest absolute Gasteiger partial charge is 0.466 e.